The molecule has 2 bridgehead atoms. The highest BCUT2D eigenvalue weighted by Crippen LogP contribution is 2.69. The van der Waals surface area contributed by atoms with Crippen molar-refractivity contribution in [3.63, 3.8) is 0 Å². The number of carbonyl (C=O) groups is 2. The molecule has 0 aromatic rings. The van der Waals surface area contributed by atoms with Crippen molar-refractivity contribution in [2.45, 2.75) is 62.9 Å². The first-order valence-electron chi connectivity index (χ1n) is 7.43. The number of aliphatic hydroxyl groups excluding tert-OH is 1. The van der Waals surface area contributed by atoms with Crippen molar-refractivity contribution in [1.82, 2.24) is 0 Å². The number of ether oxygens (including phenoxy) is 1. The molecule has 0 aromatic carbocycles. The third-order valence-electron chi connectivity index (χ3n) is 6.84. The Kier molecular flexibility index (Phi) is 2.81. The zero-order chi connectivity index (χ0) is 16.8. The molecule has 2 saturated carbocycles. The van der Waals surface area contributed by atoms with E-state index in [0.717, 1.165) is 0 Å². The van der Waals surface area contributed by atoms with Crippen LogP contribution in [0.4, 0.5) is 0 Å². The van der Waals surface area contributed by atoms with Gasteiger partial charge in [0.25, 0.3) is 0 Å². The monoisotopic (exact) mass is 314 g/mol. The third kappa shape index (κ3) is 1.29. The minimum Gasteiger partial charge on any atom is -0.463 e. The van der Waals surface area contributed by atoms with Crippen LogP contribution in [-0.2, 0) is 14.3 Å². The average molecular weight is 314 g/mol. The molecule has 0 aromatic heterocycles. The Balaban J connectivity index is 2.37. The maximum atomic E-state index is 12.6. The number of cyclic esters (lactones) is 1. The molecule has 1 heterocycles. The molecule has 3 fully saturated rings. The van der Waals surface area contributed by atoms with Crippen LogP contribution < -0.4 is 0 Å². The Morgan fingerprint density at radius 1 is 1.09 bits per heavy atom. The topological polar surface area (TPSA) is 124 Å². The molecule has 0 spiro atoms. The molecule has 7 heteroatoms. The first kappa shape index (κ1) is 15.9. The molecule has 0 amide bonds. The Morgan fingerprint density at radius 3 is 2.27 bits per heavy atom. The van der Waals surface area contributed by atoms with Crippen molar-refractivity contribution < 1.29 is 34.8 Å². The van der Waals surface area contributed by atoms with E-state index in [4.69, 9.17) is 4.74 Å². The van der Waals surface area contributed by atoms with Crippen LogP contribution in [0.1, 0.15) is 40.0 Å². The second kappa shape index (κ2) is 3.90. The van der Waals surface area contributed by atoms with E-state index in [0.29, 0.717) is 0 Å². The predicted molar refractivity (Wildman–Crippen MR) is 72.6 cm³/mol. The van der Waals surface area contributed by atoms with Crippen LogP contribution in [-0.4, -0.2) is 61.7 Å². The maximum Gasteiger partial charge on any atom is 0.335 e. The molecule has 6 atom stereocenters. The average Bonchev–Trinajstić information content (AvgIpc) is 2.61. The summed E-state index contributed by atoms with van der Waals surface area (Å²) >= 11 is 0. The van der Waals surface area contributed by atoms with Crippen molar-refractivity contribution in [3.05, 3.63) is 0 Å². The molecule has 3 aliphatic rings. The minimum atomic E-state index is -1.93. The van der Waals surface area contributed by atoms with Crippen LogP contribution in [0.25, 0.3) is 0 Å². The number of ketones is 1. The summed E-state index contributed by atoms with van der Waals surface area (Å²) in [5.41, 5.74) is -8.70. The van der Waals surface area contributed by atoms with Gasteiger partial charge in [-0.15, -0.1) is 0 Å². The summed E-state index contributed by atoms with van der Waals surface area (Å²) in [4.78, 5) is 24.7. The zero-order valence-corrected chi connectivity index (χ0v) is 12.9. The van der Waals surface area contributed by atoms with E-state index in [1.165, 1.54) is 20.8 Å². The smallest absolute Gasteiger partial charge is 0.335 e. The van der Waals surface area contributed by atoms with Crippen LogP contribution in [0.5, 0.6) is 0 Å². The largest absolute Gasteiger partial charge is 0.463 e. The van der Waals surface area contributed by atoms with E-state index in [1.54, 1.807) is 0 Å². The quantitative estimate of drug-likeness (QED) is 0.418. The number of hydrogen-bond acceptors (Lipinski definition) is 7. The summed E-state index contributed by atoms with van der Waals surface area (Å²) < 4.78 is 5.03. The number of aliphatic hydroxyl groups is 4. The van der Waals surface area contributed by atoms with Gasteiger partial charge in [-0.3, -0.25) is 4.79 Å². The number of Topliss-reactive ketones (excluding diaryl/α,β-unsaturated/α-hetero) is 1. The normalized spacial score (nSPS) is 58.0. The minimum absolute atomic E-state index is 0.0492. The fourth-order valence-electron chi connectivity index (χ4n) is 4.93. The van der Waals surface area contributed by atoms with Gasteiger partial charge in [-0.05, 0) is 26.7 Å². The highest BCUT2D eigenvalue weighted by molar-refractivity contribution is 5.92. The van der Waals surface area contributed by atoms with Gasteiger partial charge < -0.3 is 25.2 Å². The second-order valence-corrected chi connectivity index (χ2v) is 7.62. The number of hydrogen-bond donors (Lipinski definition) is 4. The highest BCUT2D eigenvalue weighted by Gasteiger charge is 2.83. The lowest BCUT2D eigenvalue weighted by Crippen LogP contribution is -2.77. The zero-order valence-electron chi connectivity index (χ0n) is 12.9. The van der Waals surface area contributed by atoms with Crippen LogP contribution in [0.15, 0.2) is 0 Å². The van der Waals surface area contributed by atoms with E-state index in [1.807, 2.05) is 0 Å². The Morgan fingerprint density at radius 2 is 1.68 bits per heavy atom. The van der Waals surface area contributed by atoms with Gasteiger partial charge >= 0.3 is 5.97 Å². The van der Waals surface area contributed by atoms with Crippen LogP contribution in [0.3, 0.4) is 0 Å². The van der Waals surface area contributed by atoms with Gasteiger partial charge in [-0.1, -0.05) is 6.92 Å². The molecule has 7 nitrogen and oxygen atoms in total. The number of carbonyl (C=O) groups excluding carboxylic acids is 2. The summed E-state index contributed by atoms with van der Waals surface area (Å²) in [5, 5.41) is 43.5. The molecule has 0 unspecified atom stereocenters. The predicted octanol–water partition coefficient (Wildman–Crippen LogP) is -1.10. The summed E-state index contributed by atoms with van der Waals surface area (Å²) in [6, 6.07) is 0. The Labute approximate surface area is 127 Å². The van der Waals surface area contributed by atoms with Crippen molar-refractivity contribution in [2.24, 2.45) is 10.8 Å². The first-order valence-corrected chi connectivity index (χ1v) is 7.43. The molecule has 3 rings (SSSR count). The number of esters is 1. The van der Waals surface area contributed by atoms with Gasteiger partial charge in [0, 0.05) is 6.42 Å². The van der Waals surface area contributed by atoms with E-state index in [2.05, 4.69) is 0 Å². The third-order valence-corrected chi connectivity index (χ3v) is 6.84. The van der Waals surface area contributed by atoms with Gasteiger partial charge in [-0.2, -0.15) is 0 Å². The fraction of sp³-hybridized carbons (Fsp3) is 0.867. The Hall–Kier alpha value is -1.02. The SMILES string of the molecule is C[C@]12COC(=O)[C@H](O)[C@@]3(CC(=O)[C@]1(C)O)[C@]2(O)CC[C@]3(C)O. The molecule has 1 aliphatic heterocycles. The number of rotatable bonds is 0. The van der Waals surface area contributed by atoms with Crippen LogP contribution in [0, 0.1) is 10.8 Å². The van der Waals surface area contributed by atoms with Crippen molar-refractivity contribution in [3.8, 4) is 0 Å². The lowest BCUT2D eigenvalue weighted by Gasteiger charge is -2.61. The molecule has 1 saturated heterocycles. The summed E-state index contributed by atoms with van der Waals surface area (Å²) in [6.07, 6.45) is -2.17. The molecule has 4 N–H and O–H groups in total. The van der Waals surface area contributed by atoms with Crippen molar-refractivity contribution >= 4 is 11.8 Å². The summed E-state index contributed by atoms with van der Waals surface area (Å²) in [6.45, 7) is 3.75. The lowest BCUT2D eigenvalue weighted by molar-refractivity contribution is -0.279. The van der Waals surface area contributed by atoms with Gasteiger partial charge in [0.15, 0.2) is 11.9 Å². The first-order chi connectivity index (χ1) is 9.87. The summed E-state index contributed by atoms with van der Waals surface area (Å²) in [5.74, 6) is -1.62. The molecule has 0 radical (unpaired) electrons. The van der Waals surface area contributed by atoms with E-state index in [-0.39, 0.29) is 12.8 Å². The second-order valence-electron chi connectivity index (χ2n) is 7.62. The van der Waals surface area contributed by atoms with E-state index < -0.39 is 58.5 Å². The van der Waals surface area contributed by atoms with Crippen molar-refractivity contribution in [1.29, 1.82) is 0 Å². The standard InChI is InChI=1S/C15H22O7/c1-11-7-22-10(18)9(17)14(6-8(16)13(11,3)20)12(2,19)4-5-15(11,14)21/h9,17,19-21H,4-7H2,1-3H3/t9-,11-,12-,13-,14+,15-/m0/s1. The summed E-state index contributed by atoms with van der Waals surface area (Å²) in [7, 11) is 0. The highest BCUT2D eigenvalue weighted by atomic mass is 16.6. The Bertz CT molecular complexity index is 568. The molecule has 2 aliphatic carbocycles. The van der Waals surface area contributed by atoms with Gasteiger partial charge in [0.2, 0.25) is 0 Å². The lowest BCUT2D eigenvalue weighted by atomic mass is 9.45. The van der Waals surface area contributed by atoms with Gasteiger partial charge in [0.05, 0.1) is 22.0 Å². The molecule has 22 heavy (non-hydrogen) atoms. The van der Waals surface area contributed by atoms with Gasteiger partial charge in [-0.25, -0.2) is 4.79 Å². The van der Waals surface area contributed by atoms with E-state index in [9.17, 15) is 30.0 Å². The van der Waals surface area contributed by atoms with Crippen LogP contribution >= 0.6 is 0 Å². The van der Waals surface area contributed by atoms with Crippen molar-refractivity contribution in [2.75, 3.05) is 6.61 Å². The molecular weight excluding hydrogens is 292 g/mol. The van der Waals surface area contributed by atoms with Crippen LogP contribution in [0.2, 0.25) is 0 Å². The molecular formula is C15H22O7. The fourth-order valence-corrected chi connectivity index (χ4v) is 4.93. The van der Waals surface area contributed by atoms with E-state index >= 15 is 0 Å². The van der Waals surface area contributed by atoms with Gasteiger partial charge in [0.1, 0.15) is 12.2 Å². The maximum absolute atomic E-state index is 12.6. The molecule has 124 valence electrons.